The van der Waals surface area contributed by atoms with Crippen molar-refractivity contribution in [3.05, 3.63) is 70.8 Å². The van der Waals surface area contributed by atoms with E-state index in [0.29, 0.717) is 17.7 Å². The topological polar surface area (TPSA) is 58.2 Å². The lowest BCUT2D eigenvalue weighted by Crippen LogP contribution is -2.36. The van der Waals surface area contributed by atoms with E-state index in [0.717, 1.165) is 24.0 Å². The fraction of sp³-hybridized carbons (Fsp3) is 0.364. The summed E-state index contributed by atoms with van der Waals surface area (Å²) in [7, 11) is 0. The zero-order chi connectivity index (χ0) is 18.4. The maximum Gasteiger partial charge on any atom is 0.251 e. The van der Waals surface area contributed by atoms with Gasteiger partial charge < -0.3 is 10.6 Å². The third-order valence-corrected chi connectivity index (χ3v) is 5.03. The van der Waals surface area contributed by atoms with E-state index < -0.39 is 0 Å². The minimum absolute atomic E-state index is 0.0922. The van der Waals surface area contributed by atoms with Gasteiger partial charge in [-0.05, 0) is 49.1 Å². The fourth-order valence-corrected chi connectivity index (χ4v) is 3.40. The van der Waals surface area contributed by atoms with Crippen LogP contribution in [0.15, 0.2) is 48.5 Å². The van der Waals surface area contributed by atoms with Crippen molar-refractivity contribution in [1.82, 2.24) is 10.6 Å². The molecule has 2 aromatic carbocycles. The lowest BCUT2D eigenvalue weighted by atomic mass is 9.95. The van der Waals surface area contributed by atoms with Crippen LogP contribution in [0.2, 0.25) is 0 Å². The van der Waals surface area contributed by atoms with Crippen LogP contribution in [0.1, 0.15) is 63.9 Å². The van der Waals surface area contributed by atoms with Crippen molar-refractivity contribution in [2.45, 2.75) is 51.6 Å². The van der Waals surface area contributed by atoms with Crippen LogP contribution >= 0.6 is 0 Å². The molecular formula is C22H26N2O2. The highest BCUT2D eigenvalue weighted by Crippen LogP contribution is 2.18. The number of rotatable bonds is 5. The zero-order valence-electron chi connectivity index (χ0n) is 15.3. The van der Waals surface area contributed by atoms with Crippen LogP contribution in [-0.4, -0.2) is 17.9 Å². The molecule has 0 heterocycles. The molecule has 0 unspecified atom stereocenters. The lowest BCUT2D eigenvalue weighted by Gasteiger charge is -2.22. The Morgan fingerprint density at radius 3 is 2.35 bits per heavy atom. The van der Waals surface area contributed by atoms with Gasteiger partial charge in [-0.3, -0.25) is 9.59 Å². The smallest absolute Gasteiger partial charge is 0.251 e. The largest absolute Gasteiger partial charge is 0.349 e. The molecule has 26 heavy (non-hydrogen) atoms. The molecule has 3 rings (SSSR count). The first-order valence-corrected chi connectivity index (χ1v) is 9.37. The van der Waals surface area contributed by atoms with E-state index in [9.17, 15) is 9.59 Å². The van der Waals surface area contributed by atoms with Crippen LogP contribution in [0.5, 0.6) is 0 Å². The predicted molar refractivity (Wildman–Crippen MR) is 103 cm³/mol. The van der Waals surface area contributed by atoms with Gasteiger partial charge in [0.15, 0.2) is 0 Å². The SMILES string of the molecule is Cc1ccccc1CNC(=O)c1cccc(C(=O)NC2CCCCC2)c1. The second-order valence-corrected chi connectivity index (χ2v) is 7.00. The van der Waals surface area contributed by atoms with Crippen molar-refractivity contribution >= 4 is 11.8 Å². The number of hydrogen-bond acceptors (Lipinski definition) is 2. The number of carbonyl (C=O) groups excluding carboxylic acids is 2. The van der Waals surface area contributed by atoms with E-state index in [4.69, 9.17) is 0 Å². The van der Waals surface area contributed by atoms with Crippen LogP contribution < -0.4 is 10.6 Å². The summed E-state index contributed by atoms with van der Waals surface area (Å²) in [6.07, 6.45) is 5.69. The summed E-state index contributed by atoms with van der Waals surface area (Å²) in [6.45, 7) is 2.50. The average molecular weight is 350 g/mol. The first-order chi connectivity index (χ1) is 12.6. The molecule has 0 aliphatic heterocycles. The number of carbonyl (C=O) groups is 2. The van der Waals surface area contributed by atoms with Gasteiger partial charge in [-0.1, -0.05) is 49.6 Å². The molecule has 1 aliphatic carbocycles. The molecule has 1 fully saturated rings. The van der Waals surface area contributed by atoms with Gasteiger partial charge in [-0.25, -0.2) is 0 Å². The normalized spacial score (nSPS) is 14.7. The Balaban J connectivity index is 1.61. The van der Waals surface area contributed by atoms with E-state index >= 15 is 0 Å². The Kier molecular flexibility index (Phi) is 6.05. The van der Waals surface area contributed by atoms with Gasteiger partial charge in [-0.15, -0.1) is 0 Å². The summed E-state index contributed by atoms with van der Waals surface area (Å²) < 4.78 is 0. The number of nitrogens with one attached hydrogen (secondary N) is 2. The Labute approximate surface area is 155 Å². The van der Waals surface area contributed by atoms with Gasteiger partial charge in [-0.2, -0.15) is 0 Å². The Morgan fingerprint density at radius 2 is 1.62 bits per heavy atom. The van der Waals surface area contributed by atoms with Crippen molar-refractivity contribution in [3.8, 4) is 0 Å². The third-order valence-electron chi connectivity index (χ3n) is 5.03. The molecule has 136 valence electrons. The van der Waals surface area contributed by atoms with Gasteiger partial charge in [0.25, 0.3) is 11.8 Å². The molecule has 4 nitrogen and oxygen atoms in total. The van der Waals surface area contributed by atoms with E-state index in [1.165, 1.54) is 19.3 Å². The van der Waals surface area contributed by atoms with Gasteiger partial charge >= 0.3 is 0 Å². The van der Waals surface area contributed by atoms with E-state index in [1.807, 2.05) is 31.2 Å². The predicted octanol–water partition coefficient (Wildman–Crippen LogP) is 3.99. The molecule has 0 saturated heterocycles. The standard InChI is InChI=1S/C22H26N2O2/c1-16-8-5-6-9-19(16)15-23-21(25)17-10-7-11-18(14-17)22(26)24-20-12-3-2-4-13-20/h5-11,14,20H,2-4,12-13,15H2,1H3,(H,23,25)(H,24,26). The van der Waals surface area contributed by atoms with Gasteiger partial charge in [0.1, 0.15) is 0 Å². The molecule has 1 aliphatic rings. The number of aryl methyl sites for hydroxylation is 1. The Hall–Kier alpha value is -2.62. The Bertz CT molecular complexity index is 779. The summed E-state index contributed by atoms with van der Waals surface area (Å²) in [5.41, 5.74) is 3.29. The maximum absolute atomic E-state index is 12.5. The van der Waals surface area contributed by atoms with Crippen molar-refractivity contribution in [1.29, 1.82) is 0 Å². The number of amides is 2. The molecule has 4 heteroatoms. The number of hydrogen-bond donors (Lipinski definition) is 2. The molecule has 1 saturated carbocycles. The van der Waals surface area contributed by atoms with Crippen molar-refractivity contribution < 1.29 is 9.59 Å². The van der Waals surface area contributed by atoms with Crippen LogP contribution in [0, 0.1) is 6.92 Å². The highest BCUT2D eigenvalue weighted by atomic mass is 16.2. The second-order valence-electron chi connectivity index (χ2n) is 7.00. The molecule has 2 aromatic rings. The highest BCUT2D eigenvalue weighted by molar-refractivity contribution is 5.99. The van der Waals surface area contributed by atoms with E-state index in [2.05, 4.69) is 10.6 Å². The van der Waals surface area contributed by atoms with E-state index in [-0.39, 0.29) is 17.9 Å². The van der Waals surface area contributed by atoms with Crippen LogP contribution in [0.3, 0.4) is 0 Å². The lowest BCUT2D eigenvalue weighted by molar-refractivity contribution is 0.0927. The van der Waals surface area contributed by atoms with E-state index in [1.54, 1.807) is 24.3 Å². The molecule has 0 atom stereocenters. The number of benzene rings is 2. The first kappa shape index (κ1) is 18.2. The molecule has 0 aromatic heterocycles. The summed E-state index contributed by atoms with van der Waals surface area (Å²) in [5.74, 6) is -0.258. The molecule has 0 spiro atoms. The molecule has 0 radical (unpaired) electrons. The van der Waals surface area contributed by atoms with Gasteiger partial charge in [0, 0.05) is 23.7 Å². The van der Waals surface area contributed by atoms with Crippen molar-refractivity contribution in [2.75, 3.05) is 0 Å². The summed E-state index contributed by atoms with van der Waals surface area (Å²) in [5, 5.41) is 6.03. The second kappa shape index (κ2) is 8.65. The molecule has 2 amide bonds. The maximum atomic E-state index is 12.5. The summed E-state index contributed by atoms with van der Waals surface area (Å²) in [4.78, 5) is 24.9. The summed E-state index contributed by atoms with van der Waals surface area (Å²) >= 11 is 0. The third kappa shape index (κ3) is 4.72. The monoisotopic (exact) mass is 350 g/mol. The quantitative estimate of drug-likeness (QED) is 0.857. The Morgan fingerprint density at radius 1 is 0.923 bits per heavy atom. The molecule has 0 bridgehead atoms. The minimum Gasteiger partial charge on any atom is -0.349 e. The molecule has 2 N–H and O–H groups in total. The van der Waals surface area contributed by atoms with Crippen LogP contribution in [0.4, 0.5) is 0 Å². The fourth-order valence-electron chi connectivity index (χ4n) is 3.40. The first-order valence-electron chi connectivity index (χ1n) is 9.37. The van der Waals surface area contributed by atoms with Gasteiger partial charge in [0.2, 0.25) is 0 Å². The highest BCUT2D eigenvalue weighted by Gasteiger charge is 2.17. The summed E-state index contributed by atoms with van der Waals surface area (Å²) in [6, 6.07) is 15.2. The van der Waals surface area contributed by atoms with Gasteiger partial charge in [0.05, 0.1) is 0 Å². The van der Waals surface area contributed by atoms with Crippen molar-refractivity contribution in [2.24, 2.45) is 0 Å². The zero-order valence-corrected chi connectivity index (χ0v) is 15.3. The average Bonchev–Trinajstić information content (AvgIpc) is 2.68. The minimum atomic E-state index is -0.166. The van der Waals surface area contributed by atoms with Crippen molar-refractivity contribution in [3.63, 3.8) is 0 Å². The molecular weight excluding hydrogens is 324 g/mol. The van der Waals surface area contributed by atoms with Crippen LogP contribution in [0.25, 0.3) is 0 Å². The van der Waals surface area contributed by atoms with Crippen LogP contribution in [-0.2, 0) is 6.54 Å².